The van der Waals surface area contributed by atoms with Crippen LogP contribution < -0.4 is 15.7 Å². The number of rotatable bonds is 6. The molecule has 0 aliphatic heterocycles. The molecule has 0 saturated carbocycles. The van der Waals surface area contributed by atoms with Crippen LogP contribution in [0.2, 0.25) is 0 Å². The summed E-state index contributed by atoms with van der Waals surface area (Å²) in [6, 6.07) is 25.8. The number of fused-ring (bicyclic) bond motifs is 1. The number of benzene rings is 3. The van der Waals surface area contributed by atoms with Gasteiger partial charge in [0.15, 0.2) is 5.13 Å². The average Bonchev–Trinajstić information content (AvgIpc) is 3.31. The van der Waals surface area contributed by atoms with Gasteiger partial charge < -0.3 is 9.15 Å². The molecule has 0 atom stereocenters. The van der Waals surface area contributed by atoms with E-state index in [1.165, 1.54) is 11.3 Å². The maximum absolute atomic E-state index is 12.6. The van der Waals surface area contributed by atoms with E-state index in [0.717, 1.165) is 10.9 Å². The van der Waals surface area contributed by atoms with Crippen LogP contribution >= 0.6 is 11.3 Å². The summed E-state index contributed by atoms with van der Waals surface area (Å²) in [5.41, 5.74) is 2.40. The lowest BCUT2D eigenvalue weighted by Crippen LogP contribution is -2.11. The highest BCUT2D eigenvalue weighted by Gasteiger charge is 2.14. The number of thiazole rings is 1. The van der Waals surface area contributed by atoms with Gasteiger partial charge >= 0.3 is 5.63 Å². The number of ether oxygens (including phenoxy) is 1. The van der Waals surface area contributed by atoms with Gasteiger partial charge in [0.1, 0.15) is 17.9 Å². The third-order valence-corrected chi connectivity index (χ3v) is 5.76. The first-order valence-corrected chi connectivity index (χ1v) is 11.1. The number of para-hydroxylation sites is 1. The van der Waals surface area contributed by atoms with Crippen molar-refractivity contribution in [1.82, 2.24) is 4.98 Å². The van der Waals surface area contributed by atoms with E-state index in [1.807, 2.05) is 48.5 Å². The number of anilines is 1. The van der Waals surface area contributed by atoms with Gasteiger partial charge in [0.05, 0.1) is 11.3 Å². The van der Waals surface area contributed by atoms with Crippen LogP contribution in [-0.4, -0.2) is 10.9 Å². The number of hydrogen-bond donors (Lipinski definition) is 1. The summed E-state index contributed by atoms with van der Waals surface area (Å²) < 4.78 is 11.1. The van der Waals surface area contributed by atoms with E-state index in [2.05, 4.69) is 10.3 Å². The summed E-state index contributed by atoms with van der Waals surface area (Å²) in [6.45, 7) is 0.455. The Hall–Kier alpha value is -4.23. The normalized spacial score (nSPS) is 10.8. The van der Waals surface area contributed by atoms with Gasteiger partial charge in [0.2, 0.25) is 0 Å². The van der Waals surface area contributed by atoms with E-state index in [4.69, 9.17) is 9.15 Å². The second-order valence-electron chi connectivity index (χ2n) is 7.28. The molecule has 0 spiro atoms. The number of nitrogens with one attached hydrogen (secondary N) is 1. The largest absolute Gasteiger partial charge is 0.489 e. The molecule has 1 N–H and O–H groups in total. The summed E-state index contributed by atoms with van der Waals surface area (Å²) in [7, 11) is 0. The van der Waals surface area contributed by atoms with E-state index in [9.17, 15) is 9.59 Å². The van der Waals surface area contributed by atoms with Gasteiger partial charge in [-0.2, -0.15) is 0 Å². The summed E-state index contributed by atoms with van der Waals surface area (Å²) in [6.07, 6.45) is 0. The molecule has 0 radical (unpaired) electrons. The van der Waals surface area contributed by atoms with Gasteiger partial charge in [-0.25, -0.2) is 9.78 Å². The molecule has 2 heterocycles. The van der Waals surface area contributed by atoms with Crippen LogP contribution in [0.15, 0.2) is 99.5 Å². The van der Waals surface area contributed by atoms with E-state index in [0.29, 0.717) is 39.9 Å². The standard InChI is InChI=1S/C26H18N2O4S/c29-24(18-10-12-20(13-11-18)31-15-17-6-2-1-3-7-17)28-26-27-22(16-33-26)21-14-19-8-4-5-9-23(19)32-25(21)30/h1-14,16H,15H2,(H,27,28,29). The summed E-state index contributed by atoms with van der Waals surface area (Å²) in [5, 5.41) is 5.70. The SMILES string of the molecule is O=C(Nc1nc(-c2cc3ccccc3oc2=O)cs1)c1ccc(OCc2ccccc2)cc1. The smallest absolute Gasteiger partial charge is 0.345 e. The number of nitrogens with zero attached hydrogens (tertiary/aromatic N) is 1. The first-order valence-electron chi connectivity index (χ1n) is 10.2. The van der Waals surface area contributed by atoms with Crippen LogP contribution in [0.1, 0.15) is 15.9 Å². The maximum atomic E-state index is 12.6. The van der Waals surface area contributed by atoms with Gasteiger partial charge in [0, 0.05) is 16.3 Å². The minimum Gasteiger partial charge on any atom is -0.489 e. The van der Waals surface area contributed by atoms with Crippen LogP contribution in [0.5, 0.6) is 5.75 Å². The summed E-state index contributed by atoms with van der Waals surface area (Å²) in [5.74, 6) is 0.381. The van der Waals surface area contributed by atoms with Crippen LogP contribution in [0.25, 0.3) is 22.2 Å². The Morgan fingerprint density at radius 1 is 0.970 bits per heavy atom. The molecular weight excluding hydrogens is 436 g/mol. The zero-order valence-electron chi connectivity index (χ0n) is 17.4. The molecule has 2 aromatic heterocycles. The van der Waals surface area contributed by atoms with Crippen LogP contribution in [0.3, 0.4) is 0 Å². The van der Waals surface area contributed by atoms with Crippen LogP contribution in [0, 0.1) is 0 Å². The second-order valence-corrected chi connectivity index (χ2v) is 8.13. The lowest BCUT2D eigenvalue weighted by atomic mass is 10.1. The van der Waals surface area contributed by atoms with Crippen molar-refractivity contribution in [2.24, 2.45) is 0 Å². The van der Waals surface area contributed by atoms with E-state index in [-0.39, 0.29) is 5.91 Å². The lowest BCUT2D eigenvalue weighted by molar-refractivity contribution is 0.102. The quantitative estimate of drug-likeness (QED) is 0.331. The molecular formula is C26H18N2O4S. The number of carbonyl (C=O) groups excluding carboxylic acids is 1. The van der Waals surface area contributed by atoms with E-state index >= 15 is 0 Å². The Morgan fingerprint density at radius 2 is 1.73 bits per heavy atom. The number of hydrogen-bond acceptors (Lipinski definition) is 6. The maximum Gasteiger partial charge on any atom is 0.345 e. The molecule has 5 aromatic rings. The second kappa shape index (κ2) is 9.10. The summed E-state index contributed by atoms with van der Waals surface area (Å²) >= 11 is 1.24. The molecule has 1 amide bonds. The Kier molecular flexibility index (Phi) is 5.70. The third-order valence-electron chi connectivity index (χ3n) is 5.01. The molecule has 6 nitrogen and oxygen atoms in total. The topological polar surface area (TPSA) is 81.4 Å². The molecule has 7 heteroatoms. The minimum atomic E-state index is -0.469. The van der Waals surface area contributed by atoms with E-state index < -0.39 is 5.63 Å². The molecule has 0 aliphatic carbocycles. The molecule has 162 valence electrons. The lowest BCUT2D eigenvalue weighted by Gasteiger charge is -2.07. The van der Waals surface area contributed by atoms with Gasteiger partial charge in [-0.3, -0.25) is 10.1 Å². The van der Waals surface area contributed by atoms with Crippen LogP contribution in [-0.2, 0) is 6.61 Å². The Labute approximate surface area is 193 Å². The van der Waals surface area contributed by atoms with Crippen molar-refractivity contribution >= 4 is 33.3 Å². The zero-order chi connectivity index (χ0) is 22.6. The van der Waals surface area contributed by atoms with Crippen molar-refractivity contribution in [3.8, 4) is 17.0 Å². The Balaban J connectivity index is 1.26. The molecule has 0 unspecified atom stereocenters. The first kappa shape index (κ1) is 20.7. The fourth-order valence-electron chi connectivity index (χ4n) is 3.31. The van der Waals surface area contributed by atoms with E-state index in [1.54, 1.807) is 41.8 Å². The average molecular weight is 455 g/mol. The molecule has 0 aliphatic rings. The molecule has 3 aromatic carbocycles. The first-order chi connectivity index (χ1) is 16.2. The van der Waals surface area contributed by atoms with Crippen molar-refractivity contribution in [2.45, 2.75) is 6.61 Å². The predicted molar refractivity (Wildman–Crippen MR) is 129 cm³/mol. The fraction of sp³-hybridized carbons (Fsp3) is 0.0385. The van der Waals surface area contributed by atoms with Crippen molar-refractivity contribution in [3.63, 3.8) is 0 Å². The Bertz CT molecular complexity index is 1470. The molecule has 0 bridgehead atoms. The van der Waals surface area contributed by atoms with Gasteiger partial charge in [-0.05, 0) is 42.0 Å². The van der Waals surface area contributed by atoms with Gasteiger partial charge in [0.25, 0.3) is 5.91 Å². The van der Waals surface area contributed by atoms with Crippen molar-refractivity contribution in [2.75, 3.05) is 5.32 Å². The van der Waals surface area contributed by atoms with Gasteiger partial charge in [-0.1, -0.05) is 48.5 Å². The highest BCUT2D eigenvalue weighted by atomic mass is 32.1. The third kappa shape index (κ3) is 4.68. The highest BCUT2D eigenvalue weighted by molar-refractivity contribution is 7.14. The molecule has 0 fully saturated rings. The van der Waals surface area contributed by atoms with Crippen molar-refractivity contribution < 1.29 is 13.9 Å². The number of carbonyl (C=O) groups is 1. The number of aromatic nitrogens is 1. The fourth-order valence-corrected chi connectivity index (χ4v) is 4.01. The molecule has 5 rings (SSSR count). The van der Waals surface area contributed by atoms with Crippen molar-refractivity contribution in [1.29, 1.82) is 0 Å². The number of amides is 1. The minimum absolute atomic E-state index is 0.295. The Morgan fingerprint density at radius 3 is 2.55 bits per heavy atom. The monoisotopic (exact) mass is 454 g/mol. The predicted octanol–water partition coefficient (Wildman–Crippen LogP) is 5.75. The zero-order valence-corrected chi connectivity index (χ0v) is 18.2. The van der Waals surface area contributed by atoms with Crippen molar-refractivity contribution in [3.05, 3.63) is 112 Å². The molecule has 0 saturated heterocycles. The summed E-state index contributed by atoms with van der Waals surface area (Å²) in [4.78, 5) is 29.4. The highest BCUT2D eigenvalue weighted by Crippen LogP contribution is 2.26. The van der Waals surface area contributed by atoms with Crippen LogP contribution in [0.4, 0.5) is 5.13 Å². The molecule has 33 heavy (non-hydrogen) atoms. The van der Waals surface area contributed by atoms with Gasteiger partial charge in [-0.15, -0.1) is 11.3 Å².